The molecule has 0 aromatic rings. The van der Waals surface area contributed by atoms with Crippen molar-refractivity contribution in [2.45, 2.75) is 63.3 Å². The van der Waals surface area contributed by atoms with Gasteiger partial charge in [0.1, 0.15) is 18.3 Å². The lowest BCUT2D eigenvalue weighted by atomic mass is 10.0. The number of hydrogen-bond acceptors (Lipinski definition) is 6. The van der Waals surface area contributed by atoms with Crippen molar-refractivity contribution in [2.75, 3.05) is 13.2 Å². The van der Waals surface area contributed by atoms with Crippen molar-refractivity contribution < 1.29 is 24.8 Å². The number of aliphatic hydroxyl groups excluding tert-OH is 3. The van der Waals surface area contributed by atoms with Gasteiger partial charge in [0.2, 0.25) is 0 Å². The number of aliphatic hydroxyl groups is 3. The van der Waals surface area contributed by atoms with E-state index in [1.54, 1.807) is 6.92 Å². The van der Waals surface area contributed by atoms with Crippen LogP contribution >= 0.6 is 0 Å². The Balaban J connectivity index is 2.21. The molecule has 1 rings (SSSR count). The Kier molecular flexibility index (Phi) is 7.06. The summed E-state index contributed by atoms with van der Waals surface area (Å²) in [5.41, 5.74) is 5.39. The van der Waals surface area contributed by atoms with E-state index in [9.17, 15) is 15.3 Å². The lowest BCUT2D eigenvalue weighted by Crippen LogP contribution is -2.57. The minimum atomic E-state index is -1.23. The molecule has 1 aliphatic rings. The summed E-state index contributed by atoms with van der Waals surface area (Å²) < 4.78 is 10.7. The summed E-state index contributed by atoms with van der Waals surface area (Å²) in [5.74, 6) is 0. The van der Waals surface area contributed by atoms with Crippen molar-refractivity contribution in [3.05, 3.63) is 0 Å². The molecule has 1 saturated heterocycles. The highest BCUT2D eigenvalue weighted by Gasteiger charge is 2.42. The first-order valence-electron chi connectivity index (χ1n) is 6.59. The minimum absolute atomic E-state index is 0.460. The first kappa shape index (κ1) is 15.8. The summed E-state index contributed by atoms with van der Waals surface area (Å²) in [6.45, 7) is 2.80. The van der Waals surface area contributed by atoms with Gasteiger partial charge in [-0.25, -0.2) is 0 Å². The van der Waals surface area contributed by atoms with Gasteiger partial charge in [-0.3, -0.25) is 0 Å². The summed E-state index contributed by atoms with van der Waals surface area (Å²) in [7, 11) is 0. The molecule has 0 saturated carbocycles. The number of nitrogens with two attached hydrogens (primary N) is 1. The molecule has 1 fully saturated rings. The SMILES string of the molecule is C[C@@H]1O[C@@H](OCCCCCCN)[C@H](O)[C@H](O)[C@H]1O. The average Bonchev–Trinajstić information content (AvgIpc) is 2.37. The molecule has 108 valence electrons. The fourth-order valence-electron chi connectivity index (χ4n) is 1.95. The first-order chi connectivity index (χ1) is 8.57. The molecule has 5 atom stereocenters. The largest absolute Gasteiger partial charge is 0.388 e. The van der Waals surface area contributed by atoms with Crippen LogP contribution in [0.25, 0.3) is 0 Å². The maximum Gasteiger partial charge on any atom is 0.186 e. The molecule has 18 heavy (non-hydrogen) atoms. The number of rotatable bonds is 7. The third kappa shape index (κ3) is 4.46. The second kappa shape index (κ2) is 8.04. The van der Waals surface area contributed by atoms with Crippen molar-refractivity contribution >= 4 is 0 Å². The first-order valence-corrected chi connectivity index (χ1v) is 6.59. The maximum absolute atomic E-state index is 9.69. The van der Waals surface area contributed by atoms with E-state index in [1.807, 2.05) is 0 Å². The predicted molar refractivity (Wildman–Crippen MR) is 65.8 cm³/mol. The second-order valence-corrected chi connectivity index (χ2v) is 4.76. The van der Waals surface area contributed by atoms with Crippen LogP contribution in [0.5, 0.6) is 0 Å². The second-order valence-electron chi connectivity index (χ2n) is 4.76. The Morgan fingerprint density at radius 1 is 1.00 bits per heavy atom. The van der Waals surface area contributed by atoms with E-state index in [1.165, 1.54) is 0 Å². The summed E-state index contributed by atoms with van der Waals surface area (Å²) in [5, 5.41) is 28.8. The zero-order chi connectivity index (χ0) is 13.5. The highest BCUT2D eigenvalue weighted by atomic mass is 16.7. The number of ether oxygens (including phenoxy) is 2. The third-order valence-corrected chi connectivity index (χ3v) is 3.19. The number of hydrogen-bond donors (Lipinski definition) is 4. The molecule has 0 unspecified atom stereocenters. The zero-order valence-electron chi connectivity index (χ0n) is 10.9. The van der Waals surface area contributed by atoms with Gasteiger partial charge in [0.25, 0.3) is 0 Å². The molecule has 0 aromatic heterocycles. The van der Waals surface area contributed by atoms with Gasteiger partial charge in [-0.05, 0) is 26.3 Å². The van der Waals surface area contributed by atoms with Crippen LogP contribution in [0.1, 0.15) is 32.6 Å². The molecule has 1 heterocycles. The van der Waals surface area contributed by atoms with Crippen LogP contribution in [0, 0.1) is 0 Å². The Hall–Kier alpha value is -0.240. The lowest BCUT2D eigenvalue weighted by molar-refractivity contribution is -0.293. The van der Waals surface area contributed by atoms with Gasteiger partial charge in [0.15, 0.2) is 6.29 Å². The smallest absolute Gasteiger partial charge is 0.186 e. The van der Waals surface area contributed by atoms with Gasteiger partial charge >= 0.3 is 0 Å². The number of unbranched alkanes of at least 4 members (excludes halogenated alkanes) is 3. The van der Waals surface area contributed by atoms with Crippen LogP contribution in [0.3, 0.4) is 0 Å². The molecular formula is C12H25NO5. The average molecular weight is 263 g/mol. The van der Waals surface area contributed by atoms with Crippen molar-refractivity contribution in [3.8, 4) is 0 Å². The molecule has 6 nitrogen and oxygen atoms in total. The van der Waals surface area contributed by atoms with E-state index in [0.29, 0.717) is 13.2 Å². The van der Waals surface area contributed by atoms with E-state index >= 15 is 0 Å². The van der Waals surface area contributed by atoms with Crippen LogP contribution < -0.4 is 5.73 Å². The maximum atomic E-state index is 9.69. The molecule has 1 aliphatic heterocycles. The van der Waals surface area contributed by atoms with E-state index in [-0.39, 0.29) is 0 Å². The van der Waals surface area contributed by atoms with Gasteiger partial charge in [-0.1, -0.05) is 12.8 Å². The molecular weight excluding hydrogens is 238 g/mol. The van der Waals surface area contributed by atoms with E-state index in [4.69, 9.17) is 15.2 Å². The normalized spacial score (nSPS) is 36.8. The molecule has 5 N–H and O–H groups in total. The summed E-state index contributed by atoms with van der Waals surface area (Å²) in [6.07, 6.45) is -0.990. The van der Waals surface area contributed by atoms with Crippen molar-refractivity contribution in [1.82, 2.24) is 0 Å². The van der Waals surface area contributed by atoms with Crippen molar-refractivity contribution in [1.29, 1.82) is 0 Å². The standard InChI is InChI=1S/C12H25NO5/c1-8-9(14)10(15)11(16)12(18-8)17-7-5-3-2-4-6-13/h8-12,14-16H,2-7,13H2,1H3/t8-,9-,10+,11+,12+/m0/s1. The molecule has 0 bridgehead atoms. The zero-order valence-corrected chi connectivity index (χ0v) is 10.9. The Labute approximate surface area is 108 Å². The van der Waals surface area contributed by atoms with Gasteiger partial charge in [0.05, 0.1) is 6.10 Å². The van der Waals surface area contributed by atoms with Crippen molar-refractivity contribution in [3.63, 3.8) is 0 Å². The van der Waals surface area contributed by atoms with Crippen LogP contribution in [0.2, 0.25) is 0 Å². The van der Waals surface area contributed by atoms with Crippen LogP contribution in [0.15, 0.2) is 0 Å². The van der Waals surface area contributed by atoms with Crippen LogP contribution in [-0.2, 0) is 9.47 Å². The Morgan fingerprint density at radius 2 is 1.67 bits per heavy atom. The summed E-state index contributed by atoms with van der Waals surface area (Å²) in [6, 6.07) is 0. The van der Waals surface area contributed by atoms with Gasteiger partial charge < -0.3 is 30.5 Å². The van der Waals surface area contributed by atoms with Gasteiger partial charge in [-0.2, -0.15) is 0 Å². The molecule has 0 radical (unpaired) electrons. The quantitative estimate of drug-likeness (QED) is 0.455. The van der Waals surface area contributed by atoms with Crippen LogP contribution in [0.4, 0.5) is 0 Å². The fourth-order valence-corrected chi connectivity index (χ4v) is 1.95. The summed E-state index contributed by atoms with van der Waals surface area (Å²) >= 11 is 0. The molecule has 0 aliphatic carbocycles. The molecule has 0 spiro atoms. The van der Waals surface area contributed by atoms with E-state index < -0.39 is 30.7 Å². The predicted octanol–water partition coefficient (Wildman–Crippen LogP) is -0.650. The fraction of sp³-hybridized carbons (Fsp3) is 1.00. The monoisotopic (exact) mass is 263 g/mol. The third-order valence-electron chi connectivity index (χ3n) is 3.19. The Bertz CT molecular complexity index is 229. The summed E-state index contributed by atoms with van der Waals surface area (Å²) in [4.78, 5) is 0. The van der Waals surface area contributed by atoms with Crippen molar-refractivity contribution in [2.24, 2.45) is 5.73 Å². The molecule has 6 heteroatoms. The molecule has 0 amide bonds. The molecule has 0 aromatic carbocycles. The topological polar surface area (TPSA) is 105 Å². The highest BCUT2D eigenvalue weighted by Crippen LogP contribution is 2.21. The minimum Gasteiger partial charge on any atom is -0.388 e. The Morgan fingerprint density at radius 3 is 2.33 bits per heavy atom. The van der Waals surface area contributed by atoms with Gasteiger partial charge in [-0.15, -0.1) is 0 Å². The van der Waals surface area contributed by atoms with Gasteiger partial charge in [0, 0.05) is 6.61 Å². The van der Waals surface area contributed by atoms with Crippen LogP contribution in [-0.4, -0.2) is 59.2 Å². The lowest BCUT2D eigenvalue weighted by Gasteiger charge is -2.38. The highest BCUT2D eigenvalue weighted by molar-refractivity contribution is 4.87. The van der Waals surface area contributed by atoms with E-state index in [2.05, 4.69) is 0 Å². The van der Waals surface area contributed by atoms with E-state index in [0.717, 1.165) is 25.7 Å².